The number of carbonyl (C=O) groups is 3. The predicted molar refractivity (Wildman–Crippen MR) is 96.5 cm³/mol. The summed E-state index contributed by atoms with van der Waals surface area (Å²) in [4.78, 5) is 38.1. The molecule has 0 spiro atoms. The molecule has 0 radical (unpaired) electrons. The van der Waals surface area contributed by atoms with Gasteiger partial charge in [0.25, 0.3) is 5.91 Å². The van der Waals surface area contributed by atoms with E-state index in [-0.39, 0.29) is 5.69 Å². The Balaban J connectivity index is 1.96. The second kappa shape index (κ2) is 8.53. The second-order valence-electron chi connectivity index (χ2n) is 7.52. The van der Waals surface area contributed by atoms with Crippen molar-refractivity contribution in [3.8, 4) is 0 Å². The largest absolute Gasteiger partial charge is 0.451 e. The van der Waals surface area contributed by atoms with Crippen LogP contribution in [0.5, 0.6) is 0 Å². The number of benzene rings is 1. The van der Waals surface area contributed by atoms with E-state index in [0.717, 1.165) is 12.1 Å². The highest BCUT2D eigenvalue weighted by Crippen LogP contribution is 2.22. The summed E-state index contributed by atoms with van der Waals surface area (Å²) in [5, 5.41) is 2.24. The quantitative estimate of drug-likeness (QED) is 0.787. The van der Waals surface area contributed by atoms with Crippen LogP contribution in [0.3, 0.4) is 0 Å². The minimum absolute atomic E-state index is 0.231. The van der Waals surface area contributed by atoms with Gasteiger partial charge in [0.15, 0.2) is 6.10 Å². The van der Waals surface area contributed by atoms with Crippen molar-refractivity contribution >= 4 is 23.7 Å². The molecule has 1 aromatic carbocycles. The lowest BCUT2D eigenvalue weighted by Crippen LogP contribution is -2.45. The Kier molecular flexibility index (Phi) is 6.58. The molecule has 1 aliphatic heterocycles. The lowest BCUT2D eigenvalue weighted by atomic mass is 10.2. The van der Waals surface area contributed by atoms with Crippen molar-refractivity contribution in [1.29, 1.82) is 0 Å². The maximum Gasteiger partial charge on any atom is 0.411 e. The van der Waals surface area contributed by atoms with E-state index < -0.39 is 47.4 Å². The first-order valence-electron chi connectivity index (χ1n) is 8.94. The number of carbonyl (C=O) groups excluding carboxylic acids is 3. The smallest absolute Gasteiger partial charge is 0.411 e. The van der Waals surface area contributed by atoms with Gasteiger partial charge in [0.2, 0.25) is 0 Å². The topological polar surface area (TPSA) is 84.9 Å². The lowest BCUT2D eigenvalue weighted by molar-refractivity contribution is -0.157. The zero-order valence-electron chi connectivity index (χ0n) is 16.3. The minimum Gasteiger partial charge on any atom is -0.451 e. The summed E-state index contributed by atoms with van der Waals surface area (Å²) in [7, 11) is 0. The summed E-state index contributed by atoms with van der Waals surface area (Å²) in [6.45, 7) is 6.82. The summed E-state index contributed by atoms with van der Waals surface area (Å²) in [5.41, 5.74) is -0.939. The highest BCUT2D eigenvalue weighted by Gasteiger charge is 2.38. The van der Waals surface area contributed by atoms with Gasteiger partial charge in [-0.3, -0.25) is 9.69 Å². The molecular formula is C19H24F2N2O5. The molecule has 1 heterocycles. The van der Waals surface area contributed by atoms with Crippen molar-refractivity contribution in [3.63, 3.8) is 0 Å². The van der Waals surface area contributed by atoms with E-state index in [1.165, 1.54) is 11.8 Å². The molecule has 0 aromatic heterocycles. The molecular weight excluding hydrogens is 374 g/mol. The molecule has 0 unspecified atom stereocenters. The molecule has 9 heteroatoms. The summed E-state index contributed by atoms with van der Waals surface area (Å²) < 4.78 is 37.0. The van der Waals surface area contributed by atoms with Crippen molar-refractivity contribution in [2.45, 2.75) is 58.3 Å². The summed E-state index contributed by atoms with van der Waals surface area (Å²) >= 11 is 0. The predicted octanol–water partition coefficient (Wildman–Crippen LogP) is 3.23. The van der Waals surface area contributed by atoms with E-state index in [2.05, 4.69) is 5.32 Å². The van der Waals surface area contributed by atoms with Crippen molar-refractivity contribution in [3.05, 3.63) is 29.8 Å². The molecule has 1 aromatic rings. The Hall–Kier alpha value is -2.71. The van der Waals surface area contributed by atoms with Crippen LogP contribution in [-0.2, 0) is 19.1 Å². The van der Waals surface area contributed by atoms with Crippen molar-refractivity contribution in [1.82, 2.24) is 4.90 Å². The minimum atomic E-state index is -1.24. The number of nitrogens with zero attached hydrogens (tertiary/aromatic N) is 1. The fourth-order valence-corrected chi connectivity index (χ4v) is 2.68. The first-order chi connectivity index (χ1) is 13.0. The molecule has 2 rings (SSSR count). The van der Waals surface area contributed by atoms with Gasteiger partial charge < -0.3 is 14.8 Å². The lowest BCUT2D eigenvalue weighted by Gasteiger charge is -2.28. The van der Waals surface area contributed by atoms with E-state index in [0.29, 0.717) is 25.5 Å². The van der Waals surface area contributed by atoms with E-state index in [4.69, 9.17) is 9.47 Å². The fraction of sp³-hybridized carbons (Fsp3) is 0.526. The Morgan fingerprint density at radius 3 is 2.54 bits per heavy atom. The van der Waals surface area contributed by atoms with Gasteiger partial charge in [0.1, 0.15) is 23.3 Å². The molecule has 0 saturated carbocycles. The zero-order valence-corrected chi connectivity index (χ0v) is 16.3. The molecule has 7 nitrogen and oxygen atoms in total. The van der Waals surface area contributed by atoms with Crippen molar-refractivity contribution in [2.75, 3.05) is 11.9 Å². The Morgan fingerprint density at radius 1 is 1.25 bits per heavy atom. The van der Waals surface area contributed by atoms with Crippen LogP contribution in [0.25, 0.3) is 0 Å². The Bertz CT molecular complexity index is 763. The molecule has 1 aliphatic rings. The van der Waals surface area contributed by atoms with Crippen LogP contribution in [0.4, 0.5) is 19.3 Å². The van der Waals surface area contributed by atoms with Gasteiger partial charge in [-0.15, -0.1) is 0 Å². The number of ether oxygens (including phenoxy) is 2. The Labute approximate surface area is 162 Å². The highest BCUT2D eigenvalue weighted by molar-refractivity contribution is 5.95. The zero-order chi connectivity index (χ0) is 21.1. The van der Waals surface area contributed by atoms with Crippen LogP contribution in [-0.4, -0.2) is 47.2 Å². The van der Waals surface area contributed by atoms with E-state index in [9.17, 15) is 23.2 Å². The molecule has 28 heavy (non-hydrogen) atoms. The van der Waals surface area contributed by atoms with Crippen LogP contribution >= 0.6 is 0 Å². The number of halogens is 2. The number of anilines is 1. The average Bonchev–Trinajstić information content (AvgIpc) is 3.05. The molecule has 0 bridgehead atoms. The molecule has 2 atom stereocenters. The van der Waals surface area contributed by atoms with Crippen LogP contribution in [0.1, 0.15) is 40.5 Å². The molecule has 2 amide bonds. The first kappa shape index (κ1) is 21.6. The van der Waals surface area contributed by atoms with Gasteiger partial charge in [-0.2, -0.15) is 0 Å². The molecule has 1 N–H and O–H groups in total. The number of rotatable bonds is 4. The van der Waals surface area contributed by atoms with Gasteiger partial charge in [0, 0.05) is 12.6 Å². The van der Waals surface area contributed by atoms with Gasteiger partial charge in [-0.25, -0.2) is 18.4 Å². The highest BCUT2D eigenvalue weighted by atomic mass is 19.1. The van der Waals surface area contributed by atoms with Gasteiger partial charge in [-0.1, -0.05) is 0 Å². The van der Waals surface area contributed by atoms with Crippen LogP contribution < -0.4 is 5.32 Å². The number of amides is 2. The van der Waals surface area contributed by atoms with E-state index >= 15 is 0 Å². The Morgan fingerprint density at radius 2 is 1.93 bits per heavy atom. The summed E-state index contributed by atoms with van der Waals surface area (Å²) in [6, 6.07) is 1.83. The van der Waals surface area contributed by atoms with E-state index in [1.807, 2.05) is 0 Å². The maximum atomic E-state index is 13.6. The third kappa shape index (κ3) is 5.64. The van der Waals surface area contributed by atoms with Crippen molar-refractivity contribution < 1.29 is 32.6 Å². The number of esters is 1. The SMILES string of the molecule is C[C@@H](OC(=O)[C@@H]1CCCN1C(=O)OC(C)(C)C)C(=O)Nc1ccc(F)cc1F. The third-order valence-corrected chi connectivity index (χ3v) is 4.00. The monoisotopic (exact) mass is 398 g/mol. The van der Waals surface area contributed by atoms with Crippen molar-refractivity contribution in [2.24, 2.45) is 0 Å². The summed E-state index contributed by atoms with van der Waals surface area (Å²) in [6.07, 6.45) is -0.880. The van der Waals surface area contributed by atoms with Crippen LogP contribution in [0.2, 0.25) is 0 Å². The third-order valence-electron chi connectivity index (χ3n) is 4.00. The first-order valence-corrected chi connectivity index (χ1v) is 8.94. The average molecular weight is 398 g/mol. The second-order valence-corrected chi connectivity index (χ2v) is 7.52. The summed E-state index contributed by atoms with van der Waals surface area (Å²) in [5.74, 6) is -3.25. The number of hydrogen-bond acceptors (Lipinski definition) is 5. The van der Waals surface area contributed by atoms with Gasteiger partial charge >= 0.3 is 12.1 Å². The molecule has 1 saturated heterocycles. The number of likely N-dealkylation sites (tertiary alicyclic amines) is 1. The fourth-order valence-electron chi connectivity index (χ4n) is 2.68. The maximum absolute atomic E-state index is 13.6. The molecule has 154 valence electrons. The number of hydrogen-bond donors (Lipinski definition) is 1. The molecule has 1 fully saturated rings. The number of nitrogens with one attached hydrogen (secondary N) is 1. The normalized spacial score (nSPS) is 17.8. The van der Waals surface area contributed by atoms with E-state index in [1.54, 1.807) is 20.8 Å². The van der Waals surface area contributed by atoms with Gasteiger partial charge in [0.05, 0.1) is 5.69 Å². The van der Waals surface area contributed by atoms with Gasteiger partial charge in [-0.05, 0) is 52.7 Å². The standard InChI is InChI=1S/C19H24F2N2O5/c1-11(16(24)22-14-8-7-12(20)10-13(14)21)27-17(25)15-6-5-9-23(15)18(26)28-19(2,3)4/h7-8,10-11,15H,5-6,9H2,1-4H3,(H,22,24)/t11-,15+/m1/s1. The van der Waals surface area contributed by atoms with Crippen LogP contribution in [0.15, 0.2) is 18.2 Å². The van der Waals surface area contributed by atoms with Crippen LogP contribution in [0, 0.1) is 11.6 Å². The molecule has 0 aliphatic carbocycles.